The van der Waals surface area contributed by atoms with Crippen molar-refractivity contribution in [2.24, 2.45) is 11.0 Å². The Hall–Kier alpha value is -2.62. The van der Waals surface area contributed by atoms with Crippen molar-refractivity contribution in [1.29, 1.82) is 0 Å². The van der Waals surface area contributed by atoms with E-state index < -0.39 is 18.0 Å². The third-order valence-electron chi connectivity index (χ3n) is 4.44. The zero-order chi connectivity index (χ0) is 19.0. The SMILES string of the molecule is O=C1CSC(c2ccc(N3C[C@H](CNC(=O)C4CC4)OC3=O)cc2F)=NN1. The van der Waals surface area contributed by atoms with Crippen LogP contribution in [0.4, 0.5) is 14.9 Å². The van der Waals surface area contributed by atoms with Crippen LogP contribution >= 0.6 is 11.8 Å². The van der Waals surface area contributed by atoms with Crippen LogP contribution in [0.25, 0.3) is 0 Å². The molecule has 142 valence electrons. The summed E-state index contributed by atoms with van der Waals surface area (Å²) in [6.07, 6.45) is 0.753. The van der Waals surface area contributed by atoms with Crippen molar-refractivity contribution in [3.63, 3.8) is 0 Å². The lowest BCUT2D eigenvalue weighted by Crippen LogP contribution is -2.35. The maximum atomic E-state index is 14.5. The highest BCUT2D eigenvalue weighted by atomic mass is 32.2. The van der Waals surface area contributed by atoms with Crippen LogP contribution < -0.4 is 15.6 Å². The van der Waals surface area contributed by atoms with Gasteiger partial charge in [-0.05, 0) is 31.0 Å². The number of ether oxygens (including phenoxy) is 1. The van der Waals surface area contributed by atoms with Crippen molar-refractivity contribution in [3.8, 4) is 0 Å². The highest BCUT2D eigenvalue weighted by molar-refractivity contribution is 8.15. The molecule has 1 aromatic carbocycles. The van der Waals surface area contributed by atoms with E-state index in [2.05, 4.69) is 15.8 Å². The van der Waals surface area contributed by atoms with Gasteiger partial charge in [0.05, 0.1) is 24.5 Å². The van der Waals surface area contributed by atoms with Gasteiger partial charge >= 0.3 is 6.09 Å². The second kappa shape index (κ2) is 7.18. The maximum absolute atomic E-state index is 14.5. The number of rotatable bonds is 5. The molecule has 0 aromatic heterocycles. The van der Waals surface area contributed by atoms with Gasteiger partial charge in [-0.1, -0.05) is 11.8 Å². The number of benzene rings is 1. The third-order valence-corrected chi connectivity index (χ3v) is 5.43. The largest absolute Gasteiger partial charge is 0.442 e. The summed E-state index contributed by atoms with van der Waals surface area (Å²) in [5.74, 6) is -0.538. The molecule has 2 N–H and O–H groups in total. The van der Waals surface area contributed by atoms with Gasteiger partial charge in [-0.25, -0.2) is 14.6 Å². The van der Waals surface area contributed by atoms with Crippen molar-refractivity contribution in [1.82, 2.24) is 10.7 Å². The Labute approximate surface area is 158 Å². The minimum Gasteiger partial charge on any atom is -0.442 e. The molecule has 1 atom stereocenters. The molecule has 2 aliphatic heterocycles. The fourth-order valence-electron chi connectivity index (χ4n) is 2.84. The van der Waals surface area contributed by atoms with Crippen LogP contribution in [0.15, 0.2) is 23.3 Å². The molecular formula is C17H17FN4O4S. The average molecular weight is 392 g/mol. The Morgan fingerprint density at radius 1 is 1.41 bits per heavy atom. The lowest BCUT2D eigenvalue weighted by atomic mass is 10.2. The van der Waals surface area contributed by atoms with Crippen LogP contribution in [0, 0.1) is 11.7 Å². The van der Waals surface area contributed by atoms with Crippen LogP contribution in [-0.4, -0.2) is 47.9 Å². The summed E-state index contributed by atoms with van der Waals surface area (Å²) in [5.41, 5.74) is 2.94. The van der Waals surface area contributed by atoms with Gasteiger partial charge in [0.1, 0.15) is 17.0 Å². The average Bonchev–Trinajstić information content (AvgIpc) is 3.44. The number of carbonyl (C=O) groups is 3. The van der Waals surface area contributed by atoms with E-state index in [4.69, 9.17) is 4.74 Å². The predicted molar refractivity (Wildman–Crippen MR) is 96.9 cm³/mol. The first-order valence-corrected chi connectivity index (χ1v) is 9.55. The van der Waals surface area contributed by atoms with Crippen molar-refractivity contribution < 1.29 is 23.5 Å². The van der Waals surface area contributed by atoms with Gasteiger partial charge in [0.2, 0.25) is 5.91 Å². The van der Waals surface area contributed by atoms with Gasteiger partial charge in [-0.3, -0.25) is 14.5 Å². The zero-order valence-electron chi connectivity index (χ0n) is 14.2. The van der Waals surface area contributed by atoms with Gasteiger partial charge in [0.15, 0.2) is 0 Å². The monoisotopic (exact) mass is 392 g/mol. The predicted octanol–water partition coefficient (Wildman–Crippen LogP) is 1.20. The summed E-state index contributed by atoms with van der Waals surface area (Å²) in [6.45, 7) is 0.472. The van der Waals surface area contributed by atoms with E-state index in [1.807, 2.05) is 0 Å². The maximum Gasteiger partial charge on any atom is 0.414 e. The minimum absolute atomic E-state index is 0.0160. The number of nitrogens with zero attached hydrogens (tertiary/aromatic N) is 2. The fraction of sp³-hybridized carbons (Fsp3) is 0.412. The molecule has 27 heavy (non-hydrogen) atoms. The number of hydrogen-bond donors (Lipinski definition) is 2. The highest BCUT2D eigenvalue weighted by Crippen LogP contribution is 2.29. The molecule has 0 unspecified atom stereocenters. The number of hydrazone groups is 1. The van der Waals surface area contributed by atoms with Crippen molar-refractivity contribution in [2.45, 2.75) is 18.9 Å². The molecule has 0 spiro atoms. The van der Waals surface area contributed by atoms with Crippen LogP contribution in [-0.2, 0) is 14.3 Å². The number of halogens is 1. The quantitative estimate of drug-likeness (QED) is 0.784. The zero-order valence-corrected chi connectivity index (χ0v) is 15.1. The highest BCUT2D eigenvalue weighted by Gasteiger charge is 2.35. The third kappa shape index (κ3) is 3.90. The van der Waals surface area contributed by atoms with Crippen LogP contribution in [0.2, 0.25) is 0 Å². The number of carbonyl (C=O) groups excluding carboxylic acids is 3. The molecule has 4 rings (SSSR count). The number of hydrogen-bond acceptors (Lipinski definition) is 6. The van der Waals surface area contributed by atoms with Gasteiger partial charge in [0.25, 0.3) is 5.91 Å². The van der Waals surface area contributed by atoms with Crippen LogP contribution in [0.3, 0.4) is 0 Å². The first-order chi connectivity index (χ1) is 13.0. The van der Waals surface area contributed by atoms with Gasteiger partial charge in [0, 0.05) is 11.5 Å². The standard InChI is InChI=1S/C17H17FN4O4S/c18-13-5-10(3-4-12(13)16-21-20-14(23)8-27-16)22-7-11(26-17(22)25)6-19-15(24)9-1-2-9/h3-5,9,11H,1-2,6-8H2,(H,19,24)(H,20,23)/t11-/m0/s1. The Kier molecular flexibility index (Phi) is 4.73. The Morgan fingerprint density at radius 2 is 2.22 bits per heavy atom. The number of thioether (sulfide) groups is 1. The van der Waals surface area contributed by atoms with E-state index >= 15 is 0 Å². The molecule has 3 amide bonds. The van der Waals surface area contributed by atoms with E-state index in [0.29, 0.717) is 10.7 Å². The second-order valence-corrected chi connectivity index (χ2v) is 7.50. The summed E-state index contributed by atoms with van der Waals surface area (Å²) in [4.78, 5) is 36.3. The first-order valence-electron chi connectivity index (χ1n) is 8.56. The fourth-order valence-corrected chi connectivity index (χ4v) is 3.60. The molecule has 2 heterocycles. The number of amides is 3. The van der Waals surface area contributed by atoms with Crippen molar-refractivity contribution in [2.75, 3.05) is 23.7 Å². The molecule has 8 nitrogen and oxygen atoms in total. The normalized spacial score (nSPS) is 22.2. The van der Waals surface area contributed by atoms with Crippen LogP contribution in [0.5, 0.6) is 0 Å². The number of nitrogens with one attached hydrogen (secondary N) is 2. The molecule has 0 radical (unpaired) electrons. The summed E-state index contributed by atoms with van der Waals surface area (Å²) in [5, 5.41) is 7.00. The smallest absolute Gasteiger partial charge is 0.414 e. The Balaban J connectivity index is 1.42. The van der Waals surface area contributed by atoms with E-state index in [0.717, 1.165) is 24.6 Å². The summed E-state index contributed by atoms with van der Waals surface area (Å²) in [7, 11) is 0. The minimum atomic E-state index is -0.579. The van der Waals surface area contributed by atoms with Crippen molar-refractivity contribution in [3.05, 3.63) is 29.6 Å². The lowest BCUT2D eigenvalue weighted by Gasteiger charge is -2.16. The van der Waals surface area contributed by atoms with E-state index in [1.165, 1.54) is 17.0 Å². The van der Waals surface area contributed by atoms with Crippen LogP contribution in [0.1, 0.15) is 18.4 Å². The molecule has 1 saturated heterocycles. The molecule has 2 fully saturated rings. The van der Waals surface area contributed by atoms with E-state index in [1.54, 1.807) is 6.07 Å². The molecular weight excluding hydrogens is 375 g/mol. The Bertz CT molecular complexity index is 842. The molecule has 1 saturated carbocycles. The van der Waals surface area contributed by atoms with Gasteiger partial charge < -0.3 is 10.1 Å². The first kappa shape index (κ1) is 17.8. The van der Waals surface area contributed by atoms with Gasteiger partial charge in [-0.2, -0.15) is 5.10 Å². The second-order valence-electron chi connectivity index (χ2n) is 6.54. The molecule has 1 aromatic rings. The number of anilines is 1. The summed E-state index contributed by atoms with van der Waals surface area (Å²) >= 11 is 1.15. The van der Waals surface area contributed by atoms with Gasteiger partial charge in [-0.15, -0.1) is 0 Å². The summed E-state index contributed by atoms with van der Waals surface area (Å²) < 4.78 is 19.8. The molecule has 3 aliphatic rings. The molecule has 0 bridgehead atoms. The molecule has 10 heteroatoms. The number of cyclic esters (lactones) is 1. The van der Waals surface area contributed by atoms with E-state index in [-0.39, 0.29) is 42.1 Å². The van der Waals surface area contributed by atoms with E-state index in [9.17, 15) is 18.8 Å². The Morgan fingerprint density at radius 3 is 2.89 bits per heavy atom. The topological polar surface area (TPSA) is 100 Å². The molecule has 1 aliphatic carbocycles. The van der Waals surface area contributed by atoms with Crippen molar-refractivity contribution >= 4 is 40.4 Å². The lowest BCUT2D eigenvalue weighted by molar-refractivity contribution is -0.122. The summed E-state index contributed by atoms with van der Waals surface area (Å²) in [6, 6.07) is 4.36.